The van der Waals surface area contributed by atoms with Crippen molar-refractivity contribution in [3.05, 3.63) is 53.2 Å². The van der Waals surface area contributed by atoms with Gasteiger partial charge in [-0.3, -0.25) is 4.79 Å². The molecular formula is C17H14F3N3O2S. The normalized spacial score (nSPS) is 11.5. The van der Waals surface area contributed by atoms with Gasteiger partial charge in [-0.15, -0.1) is 11.3 Å². The molecular weight excluding hydrogens is 367 g/mol. The number of hydrogen-bond acceptors (Lipinski definition) is 5. The molecule has 2 heterocycles. The highest BCUT2D eigenvalue weighted by molar-refractivity contribution is 7.18. The van der Waals surface area contributed by atoms with Crippen molar-refractivity contribution in [3.8, 4) is 5.88 Å². The van der Waals surface area contributed by atoms with E-state index in [1.807, 2.05) is 24.3 Å². The number of thiazole rings is 1. The topological polar surface area (TPSA) is 55.3 Å². The highest BCUT2D eigenvalue weighted by atomic mass is 32.1. The number of ether oxygens (including phenoxy) is 1. The van der Waals surface area contributed by atoms with E-state index in [0.717, 1.165) is 15.2 Å². The van der Waals surface area contributed by atoms with Gasteiger partial charge in [0.05, 0.1) is 16.8 Å². The Morgan fingerprint density at radius 3 is 2.73 bits per heavy atom. The van der Waals surface area contributed by atoms with Gasteiger partial charge in [-0.1, -0.05) is 12.1 Å². The average Bonchev–Trinajstić information content (AvgIpc) is 3.01. The summed E-state index contributed by atoms with van der Waals surface area (Å²) in [6.07, 6.45) is -3.24. The highest BCUT2D eigenvalue weighted by Gasteiger charge is 2.30. The lowest BCUT2D eigenvalue weighted by atomic mass is 10.2. The first kappa shape index (κ1) is 18.1. The number of nitrogens with zero attached hydrogens (tertiary/aromatic N) is 3. The molecule has 2 aromatic heterocycles. The van der Waals surface area contributed by atoms with E-state index in [1.54, 1.807) is 7.05 Å². The van der Waals surface area contributed by atoms with E-state index in [2.05, 4.69) is 14.7 Å². The number of amides is 1. The van der Waals surface area contributed by atoms with E-state index in [0.29, 0.717) is 0 Å². The van der Waals surface area contributed by atoms with E-state index in [1.165, 1.54) is 34.6 Å². The van der Waals surface area contributed by atoms with E-state index in [9.17, 15) is 18.0 Å². The molecule has 0 spiro atoms. The van der Waals surface area contributed by atoms with Crippen molar-refractivity contribution in [2.24, 2.45) is 0 Å². The van der Waals surface area contributed by atoms with Gasteiger partial charge in [0, 0.05) is 13.2 Å². The summed E-state index contributed by atoms with van der Waals surface area (Å²) in [5.74, 6) is -0.833. The minimum atomic E-state index is -4.51. The molecule has 0 fully saturated rings. The van der Waals surface area contributed by atoms with Crippen molar-refractivity contribution in [2.45, 2.75) is 12.7 Å². The van der Waals surface area contributed by atoms with Crippen molar-refractivity contribution >= 4 is 27.5 Å². The number of pyridine rings is 1. The Morgan fingerprint density at radius 1 is 1.23 bits per heavy atom. The fourth-order valence-electron chi connectivity index (χ4n) is 2.29. The van der Waals surface area contributed by atoms with Gasteiger partial charge in [-0.2, -0.15) is 13.2 Å². The molecule has 9 heteroatoms. The summed E-state index contributed by atoms with van der Waals surface area (Å²) in [7, 11) is 1.55. The van der Waals surface area contributed by atoms with Crippen molar-refractivity contribution in [1.29, 1.82) is 0 Å². The molecule has 0 saturated carbocycles. The smallest absolute Gasteiger partial charge is 0.422 e. The Balaban J connectivity index is 1.75. The number of hydrogen-bond donors (Lipinski definition) is 0. The summed E-state index contributed by atoms with van der Waals surface area (Å²) in [6, 6.07) is 10.4. The number of carbonyl (C=O) groups is 1. The molecule has 0 aliphatic carbocycles. The number of benzene rings is 1. The van der Waals surface area contributed by atoms with Crippen LogP contribution in [0.5, 0.6) is 5.88 Å². The molecule has 3 aromatic rings. The lowest BCUT2D eigenvalue weighted by molar-refractivity contribution is -0.154. The highest BCUT2D eigenvalue weighted by Crippen LogP contribution is 2.24. The maximum Gasteiger partial charge on any atom is 0.422 e. The molecule has 136 valence electrons. The van der Waals surface area contributed by atoms with Gasteiger partial charge in [0.25, 0.3) is 5.91 Å². The second-order valence-corrected chi connectivity index (χ2v) is 6.61. The summed E-state index contributed by atoms with van der Waals surface area (Å²) in [5.41, 5.74) is 0.810. The summed E-state index contributed by atoms with van der Waals surface area (Å²) in [5, 5.41) is 0.726. The fourth-order valence-corrected chi connectivity index (χ4v) is 3.31. The van der Waals surface area contributed by atoms with Gasteiger partial charge >= 0.3 is 6.18 Å². The van der Waals surface area contributed by atoms with Crippen molar-refractivity contribution in [1.82, 2.24) is 14.9 Å². The van der Waals surface area contributed by atoms with Crippen LogP contribution in [-0.4, -0.2) is 40.6 Å². The maximum absolute atomic E-state index is 12.6. The summed E-state index contributed by atoms with van der Waals surface area (Å²) in [6.45, 7) is -1.28. The Labute approximate surface area is 151 Å². The Hall–Kier alpha value is -2.68. The third kappa shape index (κ3) is 4.29. The van der Waals surface area contributed by atoms with Gasteiger partial charge in [0.1, 0.15) is 10.6 Å². The number of aromatic nitrogens is 2. The molecule has 5 nitrogen and oxygen atoms in total. The Bertz CT molecular complexity index is 894. The van der Waals surface area contributed by atoms with Crippen LogP contribution in [0, 0.1) is 0 Å². The summed E-state index contributed by atoms with van der Waals surface area (Å²) >= 11 is 1.46. The first-order chi connectivity index (χ1) is 12.3. The van der Waals surface area contributed by atoms with Crippen molar-refractivity contribution in [2.75, 3.05) is 13.7 Å². The minimum Gasteiger partial charge on any atom is -0.467 e. The molecule has 0 atom stereocenters. The average molecular weight is 381 g/mol. The molecule has 0 saturated heterocycles. The molecule has 0 N–H and O–H groups in total. The van der Waals surface area contributed by atoms with Crippen LogP contribution >= 0.6 is 11.3 Å². The quantitative estimate of drug-likeness (QED) is 0.673. The van der Waals surface area contributed by atoms with Gasteiger partial charge in [-0.25, -0.2) is 9.97 Å². The number of para-hydroxylation sites is 1. The van der Waals surface area contributed by atoms with Crippen LogP contribution in [0.4, 0.5) is 13.2 Å². The van der Waals surface area contributed by atoms with Crippen LogP contribution in [0.2, 0.25) is 0 Å². The van der Waals surface area contributed by atoms with Gasteiger partial charge in [-0.05, 0) is 24.3 Å². The molecule has 0 aliphatic rings. The van der Waals surface area contributed by atoms with E-state index in [-0.39, 0.29) is 18.0 Å². The Morgan fingerprint density at radius 2 is 2.00 bits per heavy atom. The summed E-state index contributed by atoms with van der Waals surface area (Å²) in [4.78, 5) is 22.2. The molecule has 1 amide bonds. The van der Waals surface area contributed by atoms with E-state index >= 15 is 0 Å². The second kappa shape index (κ2) is 7.28. The third-order valence-electron chi connectivity index (χ3n) is 3.43. The van der Waals surface area contributed by atoms with Crippen molar-refractivity contribution in [3.63, 3.8) is 0 Å². The zero-order valence-electron chi connectivity index (χ0n) is 13.7. The van der Waals surface area contributed by atoms with Crippen LogP contribution in [0.3, 0.4) is 0 Å². The van der Waals surface area contributed by atoms with Crippen LogP contribution in [0.1, 0.15) is 15.4 Å². The zero-order valence-corrected chi connectivity index (χ0v) is 14.5. The monoisotopic (exact) mass is 381 g/mol. The van der Waals surface area contributed by atoms with E-state index in [4.69, 9.17) is 0 Å². The SMILES string of the molecule is CN(Cc1nc2ccccc2s1)C(=O)c1cccnc1OCC(F)(F)F. The fraction of sp³-hybridized carbons (Fsp3) is 0.235. The van der Waals surface area contributed by atoms with E-state index < -0.39 is 18.7 Å². The molecule has 0 bridgehead atoms. The number of carbonyl (C=O) groups excluding carboxylic acids is 1. The second-order valence-electron chi connectivity index (χ2n) is 5.50. The molecule has 0 unspecified atom stereocenters. The van der Waals surface area contributed by atoms with Crippen LogP contribution in [0.15, 0.2) is 42.6 Å². The largest absolute Gasteiger partial charge is 0.467 e. The number of fused-ring (bicyclic) bond motifs is 1. The van der Waals surface area contributed by atoms with Crippen LogP contribution in [-0.2, 0) is 6.54 Å². The maximum atomic E-state index is 12.6. The number of rotatable bonds is 5. The lowest BCUT2D eigenvalue weighted by Gasteiger charge is -2.17. The first-order valence-electron chi connectivity index (χ1n) is 7.58. The minimum absolute atomic E-state index is 0.0274. The Kier molecular flexibility index (Phi) is 5.08. The lowest BCUT2D eigenvalue weighted by Crippen LogP contribution is -2.28. The molecule has 1 aromatic carbocycles. The number of halogens is 3. The van der Waals surface area contributed by atoms with Crippen molar-refractivity contribution < 1.29 is 22.7 Å². The third-order valence-corrected chi connectivity index (χ3v) is 4.45. The molecule has 26 heavy (non-hydrogen) atoms. The predicted octanol–water partition coefficient (Wildman–Crippen LogP) is 3.90. The molecule has 3 rings (SSSR count). The summed E-state index contributed by atoms with van der Waals surface area (Å²) < 4.78 is 42.8. The first-order valence-corrected chi connectivity index (χ1v) is 8.39. The van der Waals surface area contributed by atoms with Gasteiger partial charge in [0.2, 0.25) is 5.88 Å². The van der Waals surface area contributed by atoms with Crippen LogP contribution in [0.25, 0.3) is 10.2 Å². The molecule has 0 radical (unpaired) electrons. The zero-order chi connectivity index (χ0) is 18.7. The standard InChI is InChI=1S/C17H14F3N3O2S/c1-23(9-14-22-12-6-2-3-7-13(12)26-14)16(24)11-5-4-8-21-15(11)25-10-17(18,19)20/h2-8H,9-10H2,1H3. The predicted molar refractivity (Wildman–Crippen MR) is 91.2 cm³/mol. The van der Waals surface area contributed by atoms with Gasteiger partial charge in [0.15, 0.2) is 6.61 Å². The number of alkyl halides is 3. The van der Waals surface area contributed by atoms with Crippen LogP contribution < -0.4 is 4.74 Å². The molecule has 0 aliphatic heterocycles. The van der Waals surface area contributed by atoms with Gasteiger partial charge < -0.3 is 9.64 Å².